The molecule has 1 saturated carbocycles. The molecule has 0 aromatic carbocycles. The van der Waals surface area contributed by atoms with Crippen LogP contribution in [-0.4, -0.2) is 0 Å². The molecule has 0 saturated heterocycles. The first-order chi connectivity index (χ1) is 3.39. The van der Waals surface area contributed by atoms with E-state index < -0.39 is 0 Å². The van der Waals surface area contributed by atoms with Crippen molar-refractivity contribution in [3.05, 3.63) is 0 Å². The standard InChI is InChI=1S/C6H11.Ti/c1-2-4-6-5-3-1;/h1H,2-6H2;. The Kier molecular flexibility index (Phi) is 2.41. The van der Waals surface area contributed by atoms with Gasteiger partial charge in [-0.15, -0.1) is 0 Å². The van der Waals surface area contributed by atoms with Gasteiger partial charge in [0.2, 0.25) is 0 Å². The molecule has 0 aliphatic heterocycles. The fraction of sp³-hybridized carbons (Fsp3) is 1.00. The Hall–Kier alpha value is 0.714. The fourth-order valence-electron chi connectivity index (χ4n) is 1.10. The van der Waals surface area contributed by atoms with E-state index in [0.29, 0.717) is 0 Å². The van der Waals surface area contributed by atoms with Crippen molar-refractivity contribution in [1.82, 2.24) is 0 Å². The summed E-state index contributed by atoms with van der Waals surface area (Å²) in [5.74, 6) is 0. The second-order valence-corrected chi connectivity index (χ2v) is 3.61. The van der Waals surface area contributed by atoms with Gasteiger partial charge in [-0.3, -0.25) is 0 Å². The summed E-state index contributed by atoms with van der Waals surface area (Å²) in [6.07, 6.45) is 7.44. The van der Waals surface area contributed by atoms with Crippen LogP contribution in [0.3, 0.4) is 0 Å². The molecular formula is C6H11Ti. The summed E-state index contributed by atoms with van der Waals surface area (Å²) in [6.45, 7) is 0. The van der Waals surface area contributed by atoms with E-state index >= 15 is 0 Å². The third-order valence-corrected chi connectivity index (χ3v) is 2.51. The number of hydrogen-bond acceptors (Lipinski definition) is 0. The topological polar surface area (TPSA) is 0 Å². The van der Waals surface area contributed by atoms with Crippen LogP contribution in [0, 0.1) is 0 Å². The van der Waals surface area contributed by atoms with Gasteiger partial charge in [0.05, 0.1) is 0 Å². The molecule has 1 fully saturated rings. The Bertz CT molecular complexity index is 46.1. The van der Waals surface area contributed by atoms with E-state index in [2.05, 4.69) is 20.4 Å². The first-order valence-corrected chi connectivity index (χ1v) is 4.01. The summed E-state index contributed by atoms with van der Waals surface area (Å²) in [5.41, 5.74) is 0. The summed E-state index contributed by atoms with van der Waals surface area (Å²) < 4.78 is 1.04. The molecule has 0 N–H and O–H groups in total. The second-order valence-electron chi connectivity index (χ2n) is 2.33. The summed E-state index contributed by atoms with van der Waals surface area (Å²) in [7, 11) is 0. The van der Waals surface area contributed by atoms with E-state index in [1.54, 1.807) is 0 Å². The summed E-state index contributed by atoms with van der Waals surface area (Å²) in [5, 5.41) is 0. The van der Waals surface area contributed by atoms with Gasteiger partial charge in [-0.25, -0.2) is 0 Å². The van der Waals surface area contributed by atoms with Gasteiger partial charge < -0.3 is 0 Å². The Morgan fingerprint density at radius 1 is 1.00 bits per heavy atom. The van der Waals surface area contributed by atoms with Gasteiger partial charge in [-0.05, 0) is 0 Å². The molecule has 0 nitrogen and oxygen atoms in total. The molecule has 0 spiro atoms. The third-order valence-electron chi connectivity index (χ3n) is 1.61. The average molecular weight is 131 g/mol. The van der Waals surface area contributed by atoms with Gasteiger partial charge in [0.1, 0.15) is 0 Å². The summed E-state index contributed by atoms with van der Waals surface area (Å²) in [6, 6.07) is 0. The van der Waals surface area contributed by atoms with Crippen LogP contribution in [0.2, 0.25) is 4.22 Å². The van der Waals surface area contributed by atoms with E-state index in [9.17, 15) is 0 Å². The van der Waals surface area contributed by atoms with Gasteiger partial charge in [0.15, 0.2) is 0 Å². The molecule has 1 aliphatic carbocycles. The van der Waals surface area contributed by atoms with Gasteiger partial charge >= 0.3 is 56.8 Å². The molecule has 39 valence electrons. The van der Waals surface area contributed by atoms with Crippen LogP contribution in [0.5, 0.6) is 0 Å². The maximum atomic E-state index is 2.36. The van der Waals surface area contributed by atoms with Crippen LogP contribution in [0.4, 0.5) is 0 Å². The Labute approximate surface area is 57.1 Å². The summed E-state index contributed by atoms with van der Waals surface area (Å²) >= 11 is 2.36. The second kappa shape index (κ2) is 2.89. The van der Waals surface area contributed by atoms with Gasteiger partial charge in [-0.2, -0.15) is 0 Å². The zero-order valence-electron chi connectivity index (χ0n) is 4.61. The van der Waals surface area contributed by atoms with Crippen molar-refractivity contribution in [3.8, 4) is 0 Å². The molecule has 0 bridgehead atoms. The molecule has 0 atom stereocenters. The predicted octanol–water partition coefficient (Wildman–Crippen LogP) is 2.29. The van der Waals surface area contributed by atoms with E-state index in [4.69, 9.17) is 0 Å². The molecule has 0 amide bonds. The fourth-order valence-corrected chi connectivity index (χ4v) is 1.74. The molecule has 0 aromatic rings. The van der Waals surface area contributed by atoms with Gasteiger partial charge in [0, 0.05) is 0 Å². The van der Waals surface area contributed by atoms with Crippen LogP contribution in [0.15, 0.2) is 0 Å². The molecule has 0 heterocycles. The molecule has 1 aliphatic rings. The van der Waals surface area contributed by atoms with E-state index in [-0.39, 0.29) is 0 Å². The van der Waals surface area contributed by atoms with Crippen LogP contribution in [0.1, 0.15) is 32.1 Å². The first-order valence-electron chi connectivity index (χ1n) is 3.11. The molecular weight excluding hydrogens is 120 g/mol. The third kappa shape index (κ3) is 1.97. The number of hydrogen-bond donors (Lipinski definition) is 0. The van der Waals surface area contributed by atoms with Crippen molar-refractivity contribution in [2.24, 2.45) is 0 Å². The van der Waals surface area contributed by atoms with Crippen molar-refractivity contribution in [3.63, 3.8) is 0 Å². The zero-order chi connectivity index (χ0) is 5.11. The van der Waals surface area contributed by atoms with E-state index in [0.717, 1.165) is 4.22 Å². The van der Waals surface area contributed by atoms with Crippen LogP contribution in [0.25, 0.3) is 0 Å². The van der Waals surface area contributed by atoms with Crippen molar-refractivity contribution < 1.29 is 20.4 Å². The molecule has 0 radical (unpaired) electrons. The Morgan fingerprint density at radius 2 is 1.57 bits per heavy atom. The monoisotopic (exact) mass is 131 g/mol. The van der Waals surface area contributed by atoms with Crippen molar-refractivity contribution in [1.29, 1.82) is 0 Å². The van der Waals surface area contributed by atoms with Crippen molar-refractivity contribution >= 4 is 0 Å². The van der Waals surface area contributed by atoms with E-state index in [1.807, 2.05) is 0 Å². The van der Waals surface area contributed by atoms with Crippen LogP contribution < -0.4 is 0 Å². The minimum atomic E-state index is 1.04. The van der Waals surface area contributed by atoms with Crippen molar-refractivity contribution in [2.45, 2.75) is 36.3 Å². The van der Waals surface area contributed by atoms with Crippen molar-refractivity contribution in [2.75, 3.05) is 0 Å². The maximum absolute atomic E-state index is 2.36. The molecule has 0 unspecified atom stereocenters. The summed E-state index contributed by atoms with van der Waals surface area (Å²) in [4.78, 5) is 0. The molecule has 0 aromatic heterocycles. The Balaban J connectivity index is 2.12. The van der Waals surface area contributed by atoms with Gasteiger partial charge in [-0.1, -0.05) is 0 Å². The molecule has 7 heavy (non-hydrogen) atoms. The quantitative estimate of drug-likeness (QED) is 0.442. The van der Waals surface area contributed by atoms with Gasteiger partial charge in [0.25, 0.3) is 0 Å². The molecule has 1 heteroatoms. The van der Waals surface area contributed by atoms with E-state index in [1.165, 1.54) is 32.1 Å². The number of rotatable bonds is 0. The zero-order valence-corrected chi connectivity index (χ0v) is 6.17. The first kappa shape index (κ1) is 5.84. The van der Waals surface area contributed by atoms with Crippen LogP contribution in [-0.2, 0) is 20.4 Å². The predicted molar refractivity (Wildman–Crippen MR) is 26.8 cm³/mol. The Morgan fingerprint density at radius 3 is 1.86 bits per heavy atom. The minimum absolute atomic E-state index is 1.04. The van der Waals surface area contributed by atoms with Crippen LogP contribution >= 0.6 is 0 Å². The molecule has 1 rings (SSSR count). The SMILES string of the molecule is [Ti][CH]1CCCCC1. The normalized spacial score (nSPS) is 25.0. The average Bonchev–Trinajstić information content (AvgIpc) is 1.69.